The van der Waals surface area contributed by atoms with E-state index in [1.807, 2.05) is 0 Å². The van der Waals surface area contributed by atoms with Gasteiger partial charge in [0.25, 0.3) is 0 Å². The van der Waals surface area contributed by atoms with E-state index in [1.165, 1.54) is 12.8 Å². The average Bonchev–Trinajstić information content (AvgIpc) is 2.30. The lowest BCUT2D eigenvalue weighted by atomic mass is 10.0. The highest BCUT2D eigenvalue weighted by molar-refractivity contribution is 9.10. The molecular weight excluding hydrogens is 216 g/mol. The molecule has 0 spiro atoms. The van der Waals surface area contributed by atoms with Gasteiger partial charge in [0.05, 0.1) is 12.2 Å². The fraction of sp³-hybridized carbons (Fsp3) is 1.00. The van der Waals surface area contributed by atoms with Crippen molar-refractivity contribution in [1.82, 2.24) is 0 Å². The molecule has 1 saturated heterocycles. The van der Waals surface area contributed by atoms with Gasteiger partial charge in [-0.2, -0.15) is 0 Å². The molecular formula is C10H19BrO. The van der Waals surface area contributed by atoms with Gasteiger partial charge in [-0.1, -0.05) is 29.8 Å². The number of hydrogen-bond donors (Lipinski definition) is 0. The first-order valence-corrected chi connectivity index (χ1v) is 5.55. The normalized spacial score (nSPS) is 31.5. The molecule has 12 heavy (non-hydrogen) atoms. The highest BCUT2D eigenvalue weighted by atomic mass is 79.9. The van der Waals surface area contributed by atoms with Crippen LogP contribution >= 0.6 is 15.9 Å². The van der Waals surface area contributed by atoms with E-state index in [0.29, 0.717) is 18.1 Å². The Morgan fingerprint density at radius 2 is 1.92 bits per heavy atom. The summed E-state index contributed by atoms with van der Waals surface area (Å²) in [5.74, 6) is 0.657. The van der Waals surface area contributed by atoms with Crippen LogP contribution in [0.1, 0.15) is 40.5 Å². The highest BCUT2D eigenvalue weighted by Gasteiger charge is 2.36. The van der Waals surface area contributed by atoms with Crippen molar-refractivity contribution in [2.24, 2.45) is 5.92 Å². The number of halogens is 1. The molecule has 0 amide bonds. The lowest BCUT2D eigenvalue weighted by molar-refractivity contribution is 0.00730. The number of ether oxygens (including phenoxy) is 1. The SMILES string of the molecule is CC(C)C1CCC(C(C)(C)Br)O1. The Hall–Kier alpha value is 0.440. The lowest BCUT2D eigenvalue weighted by Crippen LogP contribution is -2.30. The van der Waals surface area contributed by atoms with Crippen LogP contribution in [0, 0.1) is 5.92 Å². The van der Waals surface area contributed by atoms with Crippen LogP contribution in [0.25, 0.3) is 0 Å². The molecule has 1 aliphatic heterocycles. The van der Waals surface area contributed by atoms with Crippen LogP contribution in [0.2, 0.25) is 0 Å². The van der Waals surface area contributed by atoms with Gasteiger partial charge in [-0.25, -0.2) is 0 Å². The van der Waals surface area contributed by atoms with Gasteiger partial charge in [0.15, 0.2) is 0 Å². The van der Waals surface area contributed by atoms with Crippen LogP contribution in [0.4, 0.5) is 0 Å². The minimum absolute atomic E-state index is 0.136. The van der Waals surface area contributed by atoms with Crippen LogP contribution in [0.3, 0.4) is 0 Å². The molecule has 2 atom stereocenters. The maximum Gasteiger partial charge on any atom is 0.0727 e. The van der Waals surface area contributed by atoms with Gasteiger partial charge in [-0.15, -0.1) is 0 Å². The van der Waals surface area contributed by atoms with E-state index in [-0.39, 0.29) is 4.32 Å². The Morgan fingerprint density at radius 1 is 1.33 bits per heavy atom. The molecule has 0 aromatic rings. The van der Waals surface area contributed by atoms with E-state index in [2.05, 4.69) is 43.6 Å². The van der Waals surface area contributed by atoms with Gasteiger partial charge in [0.2, 0.25) is 0 Å². The standard InChI is InChI=1S/C10H19BrO/c1-7(2)8-5-6-9(12-8)10(3,4)11/h7-9H,5-6H2,1-4H3. The van der Waals surface area contributed by atoms with Crippen LogP contribution in [0.5, 0.6) is 0 Å². The first-order valence-electron chi connectivity index (χ1n) is 4.75. The van der Waals surface area contributed by atoms with Gasteiger partial charge in [-0.3, -0.25) is 0 Å². The van der Waals surface area contributed by atoms with E-state index in [0.717, 1.165) is 0 Å². The topological polar surface area (TPSA) is 9.23 Å². The summed E-state index contributed by atoms with van der Waals surface area (Å²) >= 11 is 3.66. The molecule has 1 aliphatic rings. The van der Waals surface area contributed by atoms with E-state index in [9.17, 15) is 0 Å². The van der Waals surface area contributed by atoms with Gasteiger partial charge in [0.1, 0.15) is 0 Å². The van der Waals surface area contributed by atoms with E-state index >= 15 is 0 Å². The third kappa shape index (κ3) is 2.46. The predicted molar refractivity (Wildman–Crippen MR) is 55.7 cm³/mol. The van der Waals surface area contributed by atoms with E-state index < -0.39 is 0 Å². The Bertz CT molecular complexity index is 148. The van der Waals surface area contributed by atoms with Crippen molar-refractivity contribution in [3.05, 3.63) is 0 Å². The second-order valence-electron chi connectivity index (χ2n) is 4.55. The Kier molecular flexibility index (Phi) is 3.21. The zero-order valence-electron chi connectivity index (χ0n) is 8.43. The van der Waals surface area contributed by atoms with Crippen LogP contribution < -0.4 is 0 Å². The largest absolute Gasteiger partial charge is 0.373 e. The summed E-state index contributed by atoms with van der Waals surface area (Å²) in [6.07, 6.45) is 3.29. The fourth-order valence-corrected chi connectivity index (χ4v) is 2.00. The summed E-state index contributed by atoms with van der Waals surface area (Å²) in [7, 11) is 0. The number of hydrogen-bond acceptors (Lipinski definition) is 1. The van der Waals surface area contributed by atoms with Crippen molar-refractivity contribution < 1.29 is 4.74 Å². The molecule has 0 aromatic carbocycles. The van der Waals surface area contributed by atoms with Gasteiger partial charge in [0, 0.05) is 4.32 Å². The molecule has 0 saturated carbocycles. The summed E-state index contributed by atoms with van der Waals surface area (Å²) in [6, 6.07) is 0. The molecule has 2 unspecified atom stereocenters. The quantitative estimate of drug-likeness (QED) is 0.667. The molecule has 0 aliphatic carbocycles. The van der Waals surface area contributed by atoms with Gasteiger partial charge < -0.3 is 4.74 Å². The van der Waals surface area contributed by atoms with Crippen LogP contribution in [-0.2, 0) is 4.74 Å². The number of alkyl halides is 1. The smallest absolute Gasteiger partial charge is 0.0727 e. The fourth-order valence-electron chi connectivity index (χ4n) is 1.66. The van der Waals surface area contributed by atoms with Crippen molar-refractivity contribution >= 4 is 15.9 Å². The van der Waals surface area contributed by atoms with Crippen molar-refractivity contribution in [2.75, 3.05) is 0 Å². The zero-order valence-corrected chi connectivity index (χ0v) is 10.0. The molecule has 0 N–H and O–H groups in total. The molecule has 0 aromatic heterocycles. The molecule has 0 bridgehead atoms. The van der Waals surface area contributed by atoms with E-state index in [1.54, 1.807) is 0 Å². The van der Waals surface area contributed by atoms with Crippen molar-refractivity contribution in [3.63, 3.8) is 0 Å². The molecule has 72 valence electrons. The second kappa shape index (κ2) is 3.67. The van der Waals surface area contributed by atoms with Crippen LogP contribution in [-0.4, -0.2) is 16.5 Å². The molecule has 1 nitrogen and oxygen atoms in total. The summed E-state index contributed by atoms with van der Waals surface area (Å²) in [4.78, 5) is 0. The van der Waals surface area contributed by atoms with Crippen molar-refractivity contribution in [1.29, 1.82) is 0 Å². The Labute approximate surface area is 84.0 Å². The third-order valence-corrected chi connectivity index (χ3v) is 3.07. The van der Waals surface area contributed by atoms with Gasteiger partial charge >= 0.3 is 0 Å². The Morgan fingerprint density at radius 3 is 2.17 bits per heavy atom. The molecule has 2 heteroatoms. The molecule has 1 heterocycles. The second-order valence-corrected chi connectivity index (χ2v) is 6.59. The molecule has 0 radical (unpaired) electrons. The monoisotopic (exact) mass is 234 g/mol. The maximum absolute atomic E-state index is 5.94. The van der Waals surface area contributed by atoms with Crippen LogP contribution in [0.15, 0.2) is 0 Å². The molecule has 1 fully saturated rings. The summed E-state index contributed by atoms with van der Waals surface area (Å²) < 4.78 is 6.08. The van der Waals surface area contributed by atoms with Crippen molar-refractivity contribution in [2.45, 2.75) is 57.1 Å². The summed E-state index contributed by atoms with van der Waals surface area (Å²) in [5.41, 5.74) is 0. The predicted octanol–water partition coefficient (Wildman–Crippen LogP) is 3.36. The summed E-state index contributed by atoms with van der Waals surface area (Å²) in [6.45, 7) is 8.82. The number of rotatable bonds is 2. The van der Waals surface area contributed by atoms with Gasteiger partial charge in [-0.05, 0) is 32.6 Å². The zero-order chi connectivity index (χ0) is 9.35. The Balaban J connectivity index is 2.46. The third-order valence-electron chi connectivity index (χ3n) is 2.56. The first kappa shape index (κ1) is 10.5. The lowest BCUT2D eigenvalue weighted by Gasteiger charge is -2.25. The van der Waals surface area contributed by atoms with Crippen molar-refractivity contribution in [3.8, 4) is 0 Å². The average molecular weight is 235 g/mol. The first-order chi connectivity index (χ1) is 5.41. The summed E-state index contributed by atoms with van der Waals surface area (Å²) in [5, 5.41) is 0. The maximum atomic E-state index is 5.94. The minimum atomic E-state index is 0.136. The highest BCUT2D eigenvalue weighted by Crippen LogP contribution is 2.35. The van der Waals surface area contributed by atoms with E-state index in [4.69, 9.17) is 4.74 Å². The minimum Gasteiger partial charge on any atom is -0.373 e. The molecule has 1 rings (SSSR count).